The fourth-order valence-corrected chi connectivity index (χ4v) is 5.67. The van der Waals surface area contributed by atoms with Gasteiger partial charge < -0.3 is 4.74 Å². The summed E-state index contributed by atoms with van der Waals surface area (Å²) in [6.45, 7) is 6.06. The number of rotatable bonds is 14. The molecule has 0 aliphatic heterocycles. The molecule has 1 atom stereocenters. The average Bonchev–Trinajstić information content (AvgIpc) is 2.95. The van der Waals surface area contributed by atoms with Gasteiger partial charge in [0.1, 0.15) is 11.1 Å². The summed E-state index contributed by atoms with van der Waals surface area (Å²) in [7, 11) is 0. The maximum Gasteiger partial charge on any atom is 0.329 e. The van der Waals surface area contributed by atoms with Crippen LogP contribution in [-0.4, -0.2) is 11.3 Å². The molecule has 0 saturated heterocycles. The first-order valence-corrected chi connectivity index (χ1v) is 15.3. The number of hydrogen-bond donors (Lipinski definition) is 0. The van der Waals surface area contributed by atoms with E-state index in [1.54, 1.807) is 0 Å². The molecule has 0 amide bonds. The second kappa shape index (κ2) is 15.3. The first-order chi connectivity index (χ1) is 18.4. The molecule has 0 heterocycles. The highest BCUT2D eigenvalue weighted by atomic mass is 35.5. The van der Waals surface area contributed by atoms with Crippen LogP contribution >= 0.6 is 11.6 Å². The van der Waals surface area contributed by atoms with Gasteiger partial charge in [-0.05, 0) is 72.8 Å². The fourth-order valence-electron chi connectivity index (χ4n) is 5.63. The third-order valence-corrected chi connectivity index (χ3v) is 8.97. The van der Waals surface area contributed by atoms with Crippen LogP contribution in [0.25, 0.3) is 11.1 Å². The van der Waals surface area contributed by atoms with Crippen LogP contribution < -0.4 is 4.74 Å². The van der Waals surface area contributed by atoms with Crippen molar-refractivity contribution in [3.63, 3.8) is 0 Å². The molecule has 0 radical (unpaired) electrons. The number of esters is 1. The van der Waals surface area contributed by atoms with Crippen LogP contribution in [0.3, 0.4) is 0 Å². The monoisotopic (exact) mass is 535 g/mol. The van der Waals surface area contributed by atoms with E-state index in [0.717, 1.165) is 43.2 Å². The predicted molar refractivity (Wildman–Crippen MR) is 158 cm³/mol. The van der Waals surface area contributed by atoms with Gasteiger partial charge in [0.2, 0.25) is 0 Å². The van der Waals surface area contributed by atoms with Crippen LogP contribution in [0.5, 0.6) is 5.75 Å². The van der Waals surface area contributed by atoms with E-state index in [2.05, 4.69) is 37.3 Å². The molecule has 3 nitrogen and oxygen atoms in total. The highest BCUT2D eigenvalue weighted by Crippen LogP contribution is 2.46. The lowest BCUT2D eigenvalue weighted by molar-refractivity contribution is -0.134. The summed E-state index contributed by atoms with van der Waals surface area (Å²) in [5.41, 5.74) is 3.49. The van der Waals surface area contributed by atoms with Gasteiger partial charge in [-0.25, -0.2) is 0 Å². The Morgan fingerprint density at radius 3 is 1.97 bits per heavy atom. The predicted octanol–water partition coefficient (Wildman–Crippen LogP) is 10.2. The summed E-state index contributed by atoms with van der Waals surface area (Å²) in [6.07, 6.45) is 15.9. The van der Waals surface area contributed by atoms with E-state index in [9.17, 15) is 10.1 Å². The standard InChI is InChI=1S/C34H46ClNO2/c1-4-5-6-7-8-9-10-11-22-34(25-36)23-20-30(21-24-34)28-14-12-27(13-15-28)29-16-18-31(19-17-29)38-33(37)32(35)26(2)3/h12-19,26,30,32H,4-11,20-24H2,1-3H3. The van der Waals surface area contributed by atoms with Gasteiger partial charge in [0.25, 0.3) is 0 Å². The highest BCUT2D eigenvalue weighted by molar-refractivity contribution is 6.30. The van der Waals surface area contributed by atoms with E-state index < -0.39 is 11.3 Å². The number of nitriles is 1. The Balaban J connectivity index is 1.46. The van der Waals surface area contributed by atoms with Gasteiger partial charge in [-0.1, -0.05) is 109 Å². The van der Waals surface area contributed by atoms with E-state index in [-0.39, 0.29) is 11.3 Å². The Morgan fingerprint density at radius 1 is 0.921 bits per heavy atom. The fraction of sp³-hybridized carbons (Fsp3) is 0.588. The Morgan fingerprint density at radius 2 is 1.45 bits per heavy atom. The smallest absolute Gasteiger partial charge is 0.329 e. The van der Waals surface area contributed by atoms with Crippen molar-refractivity contribution in [2.45, 2.75) is 116 Å². The molecule has 1 unspecified atom stereocenters. The molecule has 1 saturated carbocycles. The highest BCUT2D eigenvalue weighted by Gasteiger charge is 2.35. The maximum atomic E-state index is 12.1. The molecule has 38 heavy (non-hydrogen) atoms. The minimum Gasteiger partial charge on any atom is -0.425 e. The lowest BCUT2D eigenvalue weighted by atomic mass is 9.67. The quantitative estimate of drug-likeness (QED) is 0.105. The number of unbranched alkanes of at least 4 members (excludes halogenated alkanes) is 7. The van der Waals surface area contributed by atoms with Crippen molar-refractivity contribution in [2.75, 3.05) is 0 Å². The zero-order valence-electron chi connectivity index (χ0n) is 23.7. The van der Waals surface area contributed by atoms with Gasteiger partial charge in [-0.2, -0.15) is 5.26 Å². The molecular weight excluding hydrogens is 490 g/mol. The minimum atomic E-state index is -0.648. The van der Waals surface area contributed by atoms with Crippen LogP contribution in [0.2, 0.25) is 0 Å². The number of ether oxygens (including phenoxy) is 1. The van der Waals surface area contributed by atoms with Gasteiger partial charge in [0.05, 0.1) is 11.5 Å². The Kier molecular flexibility index (Phi) is 12.2. The molecule has 2 aromatic carbocycles. The summed E-state index contributed by atoms with van der Waals surface area (Å²) >= 11 is 6.11. The molecule has 0 aromatic heterocycles. The van der Waals surface area contributed by atoms with Gasteiger partial charge in [-0.15, -0.1) is 11.6 Å². The molecule has 4 heteroatoms. The van der Waals surface area contributed by atoms with Crippen LogP contribution in [0, 0.1) is 22.7 Å². The van der Waals surface area contributed by atoms with E-state index in [0.29, 0.717) is 11.7 Å². The van der Waals surface area contributed by atoms with Crippen LogP contribution in [0.15, 0.2) is 48.5 Å². The number of benzene rings is 2. The molecule has 206 valence electrons. The zero-order valence-corrected chi connectivity index (χ0v) is 24.4. The SMILES string of the molecule is CCCCCCCCCCC1(C#N)CCC(c2ccc(-c3ccc(OC(=O)C(Cl)C(C)C)cc3)cc2)CC1. The number of hydrogen-bond acceptors (Lipinski definition) is 3. The molecule has 2 aromatic rings. The minimum absolute atomic E-state index is 0.0253. The molecular formula is C34H46ClNO2. The Labute approximate surface area is 235 Å². The van der Waals surface area contributed by atoms with Gasteiger partial charge in [0, 0.05) is 0 Å². The molecule has 0 spiro atoms. The third kappa shape index (κ3) is 8.88. The number of carbonyl (C=O) groups excluding carboxylic acids is 1. The van der Waals surface area contributed by atoms with Crippen molar-refractivity contribution in [3.8, 4) is 22.9 Å². The topological polar surface area (TPSA) is 50.1 Å². The first-order valence-electron chi connectivity index (χ1n) is 14.8. The first kappa shape index (κ1) is 30.2. The summed E-state index contributed by atoms with van der Waals surface area (Å²) < 4.78 is 5.41. The molecule has 1 fully saturated rings. The van der Waals surface area contributed by atoms with E-state index >= 15 is 0 Å². The van der Waals surface area contributed by atoms with Crippen molar-refractivity contribution < 1.29 is 9.53 Å². The van der Waals surface area contributed by atoms with Crippen molar-refractivity contribution in [1.29, 1.82) is 5.26 Å². The number of carbonyl (C=O) groups is 1. The molecule has 3 rings (SSSR count). The van der Waals surface area contributed by atoms with Crippen molar-refractivity contribution in [2.24, 2.45) is 11.3 Å². The molecule has 0 bridgehead atoms. The normalized spacial score (nSPS) is 20.2. The summed E-state index contributed by atoms with van der Waals surface area (Å²) in [4.78, 5) is 12.1. The lowest BCUT2D eigenvalue weighted by Crippen LogP contribution is -2.25. The number of alkyl halides is 1. The average molecular weight is 536 g/mol. The summed E-state index contributed by atoms with van der Waals surface area (Å²) in [6, 6.07) is 19.2. The lowest BCUT2D eigenvalue weighted by Gasteiger charge is -2.35. The second-order valence-electron chi connectivity index (χ2n) is 11.6. The molecule has 1 aliphatic rings. The number of nitrogens with zero attached hydrogens (tertiary/aromatic N) is 1. The van der Waals surface area contributed by atoms with Gasteiger partial charge in [-0.3, -0.25) is 4.79 Å². The summed E-state index contributed by atoms with van der Waals surface area (Å²) in [5.74, 6) is 0.661. The van der Waals surface area contributed by atoms with E-state index in [4.69, 9.17) is 16.3 Å². The molecule has 1 aliphatic carbocycles. The van der Waals surface area contributed by atoms with E-state index in [1.165, 1.54) is 56.9 Å². The van der Waals surface area contributed by atoms with Crippen molar-refractivity contribution in [1.82, 2.24) is 0 Å². The van der Waals surface area contributed by atoms with Crippen molar-refractivity contribution in [3.05, 3.63) is 54.1 Å². The third-order valence-electron chi connectivity index (χ3n) is 8.29. The van der Waals surface area contributed by atoms with E-state index in [1.807, 2.05) is 38.1 Å². The van der Waals surface area contributed by atoms with Crippen molar-refractivity contribution >= 4 is 17.6 Å². The van der Waals surface area contributed by atoms with Crippen LogP contribution in [-0.2, 0) is 4.79 Å². The van der Waals surface area contributed by atoms with Gasteiger partial charge in [0.15, 0.2) is 0 Å². The largest absolute Gasteiger partial charge is 0.425 e. The number of halogens is 1. The summed E-state index contributed by atoms with van der Waals surface area (Å²) in [5, 5.41) is 9.35. The van der Waals surface area contributed by atoms with Gasteiger partial charge >= 0.3 is 5.97 Å². The van der Waals surface area contributed by atoms with Crippen LogP contribution in [0.4, 0.5) is 0 Å². The van der Waals surface area contributed by atoms with Crippen LogP contribution in [0.1, 0.15) is 116 Å². The second-order valence-corrected chi connectivity index (χ2v) is 12.1. The Hall–Kier alpha value is -2.31. The zero-order chi connectivity index (χ0) is 27.4. The Bertz CT molecular complexity index is 1010. The molecule has 0 N–H and O–H groups in total. The maximum absolute atomic E-state index is 12.1.